The van der Waals surface area contributed by atoms with Crippen LogP contribution in [-0.4, -0.2) is 59.4 Å². The second kappa shape index (κ2) is 8.33. The van der Waals surface area contributed by atoms with Crippen molar-refractivity contribution in [3.05, 3.63) is 52.5 Å². The number of hydrazone groups is 1. The number of phenols is 1. The average molecular weight is 472 g/mol. The highest BCUT2D eigenvalue weighted by Gasteiger charge is 2.53. The van der Waals surface area contributed by atoms with Crippen molar-refractivity contribution in [1.29, 1.82) is 0 Å². The predicted octanol–water partition coefficient (Wildman–Crippen LogP) is 4.55. The van der Waals surface area contributed by atoms with E-state index in [0.29, 0.717) is 61.0 Å². The first kappa shape index (κ1) is 21.7. The zero-order valence-corrected chi connectivity index (χ0v) is 19.3. The minimum Gasteiger partial charge on any atom is -0.507 e. The van der Waals surface area contributed by atoms with Crippen molar-refractivity contribution < 1.29 is 24.1 Å². The molecule has 0 radical (unpaired) electrons. The zero-order valence-electron chi connectivity index (χ0n) is 18.6. The molecule has 1 atom stereocenters. The largest absolute Gasteiger partial charge is 0.507 e. The van der Waals surface area contributed by atoms with Crippen LogP contribution in [0.25, 0.3) is 0 Å². The first-order chi connectivity index (χ1) is 16.0. The molecular weight excluding hydrogens is 446 g/mol. The normalized spacial score (nSPS) is 20.6. The van der Waals surface area contributed by atoms with Crippen molar-refractivity contribution in [3.63, 3.8) is 0 Å². The Labute approximate surface area is 197 Å². The number of phenolic OH excluding ortho intramolecular Hbond substituents is 1. The summed E-state index contributed by atoms with van der Waals surface area (Å²) in [7, 11) is 1.63. The van der Waals surface area contributed by atoms with Gasteiger partial charge in [0.1, 0.15) is 5.75 Å². The van der Waals surface area contributed by atoms with Crippen molar-refractivity contribution in [2.24, 2.45) is 5.10 Å². The summed E-state index contributed by atoms with van der Waals surface area (Å²) in [5, 5.41) is 18.0. The number of hydrogen-bond donors (Lipinski definition) is 1. The third kappa shape index (κ3) is 3.62. The van der Waals surface area contributed by atoms with Crippen LogP contribution >= 0.6 is 11.6 Å². The van der Waals surface area contributed by atoms with Crippen LogP contribution in [0.1, 0.15) is 43.4 Å². The third-order valence-electron chi connectivity index (χ3n) is 6.55. The molecule has 0 aromatic heterocycles. The monoisotopic (exact) mass is 471 g/mol. The molecule has 9 heteroatoms. The Morgan fingerprint density at radius 3 is 2.82 bits per heavy atom. The number of carbonyl (C=O) groups excluding carboxylic acids is 1. The number of halogens is 1. The molecule has 33 heavy (non-hydrogen) atoms. The van der Waals surface area contributed by atoms with Gasteiger partial charge in [-0.25, -0.2) is 9.80 Å². The maximum absolute atomic E-state index is 12.3. The standard InChI is InChI=1S/C24H26ClN3O5/c1-3-32-23(30)27-11-9-24(10-12-27)28-19(16-5-4-6-21(31-2)22(16)33-24)14-18(26-28)17-13-15(25)7-8-20(17)29/h4-8,13,19,29H,3,9-12,14H2,1-2H3/t19-/m0/s1. The Balaban J connectivity index is 1.54. The molecule has 1 fully saturated rings. The molecular formula is C24H26ClN3O5. The van der Waals surface area contributed by atoms with Gasteiger partial charge < -0.3 is 24.2 Å². The van der Waals surface area contributed by atoms with Crippen LogP contribution in [0.5, 0.6) is 17.2 Å². The highest BCUT2D eigenvalue weighted by molar-refractivity contribution is 6.31. The van der Waals surface area contributed by atoms with Crippen molar-refractivity contribution in [2.75, 3.05) is 26.8 Å². The molecule has 1 amide bonds. The van der Waals surface area contributed by atoms with Crippen molar-refractivity contribution in [1.82, 2.24) is 9.91 Å². The smallest absolute Gasteiger partial charge is 0.409 e. The highest BCUT2D eigenvalue weighted by Crippen LogP contribution is 2.53. The zero-order chi connectivity index (χ0) is 23.2. The van der Waals surface area contributed by atoms with E-state index in [9.17, 15) is 9.90 Å². The number of aromatic hydroxyl groups is 1. The molecule has 3 heterocycles. The highest BCUT2D eigenvalue weighted by atomic mass is 35.5. The molecule has 1 spiro atoms. The van der Waals surface area contributed by atoms with Gasteiger partial charge in [-0.05, 0) is 31.2 Å². The van der Waals surface area contributed by atoms with Crippen molar-refractivity contribution >= 4 is 23.4 Å². The lowest BCUT2D eigenvalue weighted by atomic mass is 9.90. The van der Waals surface area contributed by atoms with E-state index in [-0.39, 0.29) is 17.9 Å². The first-order valence-corrected chi connectivity index (χ1v) is 11.5. The SMILES string of the molecule is CCOC(=O)N1CCC2(CC1)Oc1c(OC)cccc1[C@@H]1CC(c3cc(Cl)ccc3O)=NN12. The predicted molar refractivity (Wildman–Crippen MR) is 123 cm³/mol. The van der Waals surface area contributed by atoms with Gasteiger partial charge in [0.05, 0.1) is 25.5 Å². The molecule has 3 aliphatic rings. The van der Waals surface area contributed by atoms with E-state index in [1.54, 1.807) is 37.1 Å². The van der Waals surface area contributed by atoms with Gasteiger partial charge in [-0.1, -0.05) is 23.7 Å². The number of carbonyl (C=O) groups is 1. The summed E-state index contributed by atoms with van der Waals surface area (Å²) in [6.45, 7) is 3.11. The van der Waals surface area contributed by atoms with Crippen LogP contribution in [0.3, 0.4) is 0 Å². The van der Waals surface area contributed by atoms with Gasteiger partial charge in [0, 0.05) is 48.5 Å². The molecule has 2 aromatic carbocycles. The van der Waals surface area contributed by atoms with Crippen LogP contribution in [-0.2, 0) is 4.74 Å². The average Bonchev–Trinajstić information content (AvgIpc) is 3.28. The fourth-order valence-electron chi connectivity index (χ4n) is 4.92. The Hall–Kier alpha value is -3.13. The molecule has 174 valence electrons. The van der Waals surface area contributed by atoms with Crippen LogP contribution < -0.4 is 9.47 Å². The van der Waals surface area contributed by atoms with Gasteiger partial charge in [-0.2, -0.15) is 5.10 Å². The summed E-state index contributed by atoms with van der Waals surface area (Å²) in [5.74, 6) is 1.51. The summed E-state index contributed by atoms with van der Waals surface area (Å²) >= 11 is 6.21. The lowest BCUT2D eigenvalue weighted by Gasteiger charge is -2.51. The van der Waals surface area contributed by atoms with E-state index in [1.807, 2.05) is 23.2 Å². The molecule has 1 N–H and O–H groups in total. The van der Waals surface area contributed by atoms with Gasteiger partial charge in [0.15, 0.2) is 11.5 Å². The number of hydrogen-bond acceptors (Lipinski definition) is 7. The molecule has 0 aliphatic carbocycles. The lowest BCUT2D eigenvalue weighted by Crippen LogP contribution is -2.59. The van der Waals surface area contributed by atoms with Crippen LogP contribution in [0, 0.1) is 0 Å². The first-order valence-electron chi connectivity index (χ1n) is 11.1. The number of para-hydroxylation sites is 1. The van der Waals surface area contributed by atoms with E-state index in [0.717, 1.165) is 11.3 Å². The lowest BCUT2D eigenvalue weighted by molar-refractivity contribution is -0.148. The van der Waals surface area contributed by atoms with E-state index in [4.69, 9.17) is 30.9 Å². The van der Waals surface area contributed by atoms with Crippen LogP contribution in [0.2, 0.25) is 5.02 Å². The van der Waals surface area contributed by atoms with Crippen LogP contribution in [0.15, 0.2) is 41.5 Å². The number of benzene rings is 2. The molecule has 0 unspecified atom stereocenters. The molecule has 8 nitrogen and oxygen atoms in total. The maximum Gasteiger partial charge on any atom is 0.409 e. The second-order valence-corrected chi connectivity index (χ2v) is 8.82. The van der Waals surface area contributed by atoms with Gasteiger partial charge in [0.2, 0.25) is 5.72 Å². The molecule has 1 saturated heterocycles. The molecule has 0 bridgehead atoms. The van der Waals surface area contributed by atoms with Gasteiger partial charge in [-0.15, -0.1) is 0 Å². The molecule has 2 aromatic rings. The fourth-order valence-corrected chi connectivity index (χ4v) is 5.09. The van der Waals surface area contributed by atoms with Gasteiger partial charge in [0.25, 0.3) is 0 Å². The molecule has 3 aliphatic heterocycles. The van der Waals surface area contributed by atoms with E-state index in [1.165, 1.54) is 0 Å². The number of piperidine rings is 1. The summed E-state index contributed by atoms with van der Waals surface area (Å²) in [6, 6.07) is 10.7. The topological polar surface area (TPSA) is 83.8 Å². The van der Waals surface area contributed by atoms with Crippen molar-refractivity contribution in [3.8, 4) is 17.2 Å². The molecule has 0 saturated carbocycles. The number of amides is 1. The second-order valence-electron chi connectivity index (χ2n) is 8.39. The minimum absolute atomic E-state index is 0.0913. The Bertz CT molecular complexity index is 1110. The number of ether oxygens (including phenoxy) is 3. The summed E-state index contributed by atoms with van der Waals surface area (Å²) in [5.41, 5.74) is 1.59. The van der Waals surface area contributed by atoms with E-state index in [2.05, 4.69) is 0 Å². The van der Waals surface area contributed by atoms with E-state index >= 15 is 0 Å². The van der Waals surface area contributed by atoms with Gasteiger partial charge in [-0.3, -0.25) is 0 Å². The molecule has 5 rings (SSSR count). The Kier molecular flexibility index (Phi) is 5.48. The Morgan fingerprint density at radius 1 is 1.30 bits per heavy atom. The summed E-state index contributed by atoms with van der Waals surface area (Å²) in [4.78, 5) is 14.0. The number of fused-ring (bicyclic) bond motifs is 4. The summed E-state index contributed by atoms with van der Waals surface area (Å²) in [6.07, 6.45) is 1.38. The van der Waals surface area contributed by atoms with Crippen molar-refractivity contribution in [2.45, 2.75) is 38.0 Å². The number of likely N-dealkylation sites (tertiary alicyclic amines) is 1. The third-order valence-corrected chi connectivity index (χ3v) is 6.78. The summed E-state index contributed by atoms with van der Waals surface area (Å²) < 4.78 is 17.4. The van der Waals surface area contributed by atoms with Crippen LogP contribution in [0.4, 0.5) is 4.79 Å². The van der Waals surface area contributed by atoms with Gasteiger partial charge >= 0.3 is 6.09 Å². The van der Waals surface area contributed by atoms with E-state index < -0.39 is 5.72 Å². The quantitative estimate of drug-likeness (QED) is 0.707. The number of methoxy groups -OCH3 is 1. The Morgan fingerprint density at radius 2 is 2.09 bits per heavy atom. The minimum atomic E-state index is -0.745. The fraction of sp³-hybridized carbons (Fsp3) is 0.417. The maximum atomic E-state index is 12.3. The number of nitrogens with zero attached hydrogens (tertiary/aromatic N) is 3. The number of rotatable bonds is 3.